The molecule has 0 spiro atoms. The number of carboxylic acids is 1. The Labute approximate surface area is 82.9 Å². The molecule has 1 heterocycles. The minimum Gasteiger partial charge on any atom is -0.477 e. The van der Waals surface area contributed by atoms with Crippen molar-refractivity contribution in [2.45, 2.75) is 6.42 Å². The highest BCUT2D eigenvalue weighted by atomic mass is 16.4. The molecule has 0 unspecified atom stereocenters. The van der Waals surface area contributed by atoms with Crippen LogP contribution >= 0.6 is 0 Å². The highest BCUT2D eigenvalue weighted by molar-refractivity contribution is 6.02. The van der Waals surface area contributed by atoms with Gasteiger partial charge >= 0.3 is 5.97 Å². The average molecular weight is 197 g/mol. The number of carboxylic acid groups (broad SMARTS) is 1. The number of aliphatic imine (C=N–C) groups is 1. The molecule has 0 fully saturated rings. The maximum atomic E-state index is 10.5. The first-order valence-electron chi connectivity index (χ1n) is 4.52. The van der Waals surface area contributed by atoms with Crippen LogP contribution in [0.25, 0.3) is 0 Å². The summed E-state index contributed by atoms with van der Waals surface area (Å²) in [6.45, 7) is 2.38. The van der Waals surface area contributed by atoms with Crippen LogP contribution in [0.4, 0.5) is 0 Å². The average Bonchev–Trinajstić information content (AvgIpc) is 2.29. The Morgan fingerprint density at radius 2 is 2.43 bits per heavy atom. The highest BCUT2D eigenvalue weighted by Gasteiger charge is 2.09. The second kappa shape index (κ2) is 4.76. The molecule has 0 amide bonds. The molecular formula is C9H15N3O2. The number of nitrogens with zero attached hydrogens (tertiary/aromatic N) is 2. The Bertz CT molecular complexity index is 284. The van der Waals surface area contributed by atoms with Crippen LogP contribution in [-0.4, -0.2) is 48.4 Å². The molecular weight excluding hydrogens is 182 g/mol. The van der Waals surface area contributed by atoms with Crippen LogP contribution in [0.5, 0.6) is 0 Å². The lowest BCUT2D eigenvalue weighted by molar-refractivity contribution is -0.132. The van der Waals surface area contributed by atoms with E-state index in [0.29, 0.717) is 6.54 Å². The van der Waals surface area contributed by atoms with Gasteiger partial charge in [-0.25, -0.2) is 4.79 Å². The molecule has 78 valence electrons. The largest absolute Gasteiger partial charge is 0.477 e. The van der Waals surface area contributed by atoms with Gasteiger partial charge in [-0.1, -0.05) is 0 Å². The summed E-state index contributed by atoms with van der Waals surface area (Å²) in [6.07, 6.45) is 2.44. The van der Waals surface area contributed by atoms with Crippen LogP contribution in [0.3, 0.4) is 0 Å². The minimum absolute atomic E-state index is 0.154. The van der Waals surface area contributed by atoms with Gasteiger partial charge in [0.25, 0.3) is 0 Å². The number of hydrogen-bond donors (Lipinski definition) is 2. The summed E-state index contributed by atoms with van der Waals surface area (Å²) in [6, 6.07) is 0. The zero-order valence-electron chi connectivity index (χ0n) is 8.23. The lowest BCUT2D eigenvalue weighted by Crippen LogP contribution is -2.25. The van der Waals surface area contributed by atoms with Crippen molar-refractivity contribution in [1.29, 1.82) is 0 Å². The summed E-state index contributed by atoms with van der Waals surface area (Å²) in [5.41, 5.74) is 5.89. The Hall–Kier alpha value is -1.36. The second-order valence-corrected chi connectivity index (χ2v) is 3.37. The molecule has 0 bridgehead atoms. The van der Waals surface area contributed by atoms with Gasteiger partial charge in [0, 0.05) is 19.6 Å². The van der Waals surface area contributed by atoms with E-state index in [1.165, 1.54) is 6.08 Å². The fourth-order valence-corrected chi connectivity index (χ4v) is 1.30. The molecule has 1 aliphatic rings. The standard InChI is InChI=1S/C9H15N3O2/c1-12-4-2-3-11-7(6-12)5-8(10)9(13)14/h5H,2-4,6,10H2,1H3,(H,13,14)/b8-5-. The van der Waals surface area contributed by atoms with Gasteiger partial charge in [-0.05, 0) is 19.5 Å². The first-order chi connectivity index (χ1) is 6.59. The molecule has 0 aromatic rings. The molecule has 1 rings (SSSR count). The van der Waals surface area contributed by atoms with Gasteiger partial charge < -0.3 is 15.7 Å². The molecule has 14 heavy (non-hydrogen) atoms. The highest BCUT2D eigenvalue weighted by Crippen LogP contribution is 1.99. The molecule has 0 aromatic carbocycles. The van der Waals surface area contributed by atoms with Crippen LogP contribution in [0.1, 0.15) is 6.42 Å². The summed E-state index contributed by atoms with van der Waals surface area (Å²) in [4.78, 5) is 16.8. The molecule has 0 aromatic heterocycles. The number of hydrogen-bond acceptors (Lipinski definition) is 4. The minimum atomic E-state index is -1.10. The van der Waals surface area contributed by atoms with Gasteiger partial charge in [0.2, 0.25) is 0 Å². The van der Waals surface area contributed by atoms with Crippen LogP contribution < -0.4 is 5.73 Å². The third kappa shape index (κ3) is 3.18. The van der Waals surface area contributed by atoms with E-state index in [-0.39, 0.29) is 5.70 Å². The fourth-order valence-electron chi connectivity index (χ4n) is 1.30. The molecule has 5 nitrogen and oxygen atoms in total. The van der Waals surface area contributed by atoms with E-state index in [0.717, 1.165) is 25.2 Å². The molecule has 0 saturated carbocycles. The Kier molecular flexibility index (Phi) is 3.64. The monoisotopic (exact) mass is 197 g/mol. The third-order valence-electron chi connectivity index (χ3n) is 2.01. The zero-order chi connectivity index (χ0) is 10.6. The molecule has 0 aliphatic carbocycles. The SMILES string of the molecule is CN1CCCN=C(/C=C(\N)C(=O)O)C1. The summed E-state index contributed by atoms with van der Waals surface area (Å²) in [5, 5.41) is 8.59. The van der Waals surface area contributed by atoms with E-state index in [4.69, 9.17) is 10.8 Å². The lowest BCUT2D eigenvalue weighted by Gasteiger charge is -2.12. The van der Waals surface area contributed by atoms with Gasteiger partial charge in [-0.2, -0.15) is 0 Å². The van der Waals surface area contributed by atoms with E-state index in [1.807, 2.05) is 7.05 Å². The normalized spacial score (nSPS) is 20.1. The van der Waals surface area contributed by atoms with Gasteiger partial charge in [0.15, 0.2) is 0 Å². The van der Waals surface area contributed by atoms with E-state index >= 15 is 0 Å². The van der Waals surface area contributed by atoms with Crippen LogP contribution in [0.15, 0.2) is 16.8 Å². The van der Waals surface area contributed by atoms with Crippen LogP contribution in [0, 0.1) is 0 Å². The van der Waals surface area contributed by atoms with Crippen molar-refractivity contribution >= 4 is 11.7 Å². The first kappa shape index (κ1) is 10.7. The van der Waals surface area contributed by atoms with E-state index in [2.05, 4.69) is 9.89 Å². The van der Waals surface area contributed by atoms with Crippen LogP contribution in [0.2, 0.25) is 0 Å². The topological polar surface area (TPSA) is 78.9 Å². The lowest BCUT2D eigenvalue weighted by atomic mass is 10.3. The van der Waals surface area contributed by atoms with E-state index in [1.54, 1.807) is 0 Å². The third-order valence-corrected chi connectivity index (χ3v) is 2.01. The van der Waals surface area contributed by atoms with E-state index in [9.17, 15) is 4.79 Å². The predicted octanol–water partition coefficient (Wildman–Crippen LogP) is -0.310. The fraction of sp³-hybridized carbons (Fsp3) is 0.556. The number of aliphatic carboxylic acids is 1. The summed E-state index contributed by atoms with van der Waals surface area (Å²) in [7, 11) is 1.98. The Morgan fingerprint density at radius 1 is 1.71 bits per heavy atom. The Balaban J connectivity index is 2.71. The van der Waals surface area contributed by atoms with Gasteiger partial charge in [-0.15, -0.1) is 0 Å². The number of carbonyl (C=O) groups is 1. The summed E-state index contributed by atoms with van der Waals surface area (Å²) in [5.74, 6) is -1.10. The maximum absolute atomic E-state index is 10.5. The first-order valence-corrected chi connectivity index (χ1v) is 4.52. The second-order valence-electron chi connectivity index (χ2n) is 3.37. The smallest absolute Gasteiger partial charge is 0.351 e. The number of rotatable bonds is 2. The van der Waals surface area contributed by atoms with Crippen molar-refractivity contribution < 1.29 is 9.90 Å². The van der Waals surface area contributed by atoms with Crippen LogP contribution in [-0.2, 0) is 4.79 Å². The molecule has 0 atom stereocenters. The van der Waals surface area contributed by atoms with Gasteiger partial charge in [-0.3, -0.25) is 4.99 Å². The molecule has 3 N–H and O–H groups in total. The van der Waals surface area contributed by atoms with Gasteiger partial charge in [0.1, 0.15) is 5.70 Å². The van der Waals surface area contributed by atoms with Crippen molar-refractivity contribution in [3.8, 4) is 0 Å². The number of nitrogens with two attached hydrogens (primary N) is 1. The van der Waals surface area contributed by atoms with Crippen molar-refractivity contribution in [3.05, 3.63) is 11.8 Å². The molecule has 0 saturated heterocycles. The molecule has 0 radical (unpaired) electrons. The van der Waals surface area contributed by atoms with Crippen molar-refractivity contribution in [2.24, 2.45) is 10.7 Å². The van der Waals surface area contributed by atoms with Crippen molar-refractivity contribution in [1.82, 2.24) is 4.90 Å². The summed E-state index contributed by atoms with van der Waals surface area (Å²) < 4.78 is 0. The van der Waals surface area contributed by atoms with E-state index < -0.39 is 5.97 Å². The van der Waals surface area contributed by atoms with Gasteiger partial charge in [0.05, 0.1) is 5.71 Å². The molecule has 1 aliphatic heterocycles. The van der Waals surface area contributed by atoms with Crippen molar-refractivity contribution in [2.75, 3.05) is 26.7 Å². The zero-order valence-corrected chi connectivity index (χ0v) is 8.23. The predicted molar refractivity (Wildman–Crippen MR) is 54.3 cm³/mol. The maximum Gasteiger partial charge on any atom is 0.351 e. The Morgan fingerprint density at radius 3 is 3.07 bits per heavy atom. The summed E-state index contributed by atoms with van der Waals surface area (Å²) >= 11 is 0. The molecule has 5 heteroatoms. The van der Waals surface area contributed by atoms with Crippen molar-refractivity contribution in [3.63, 3.8) is 0 Å². The quantitative estimate of drug-likeness (QED) is 0.595.